The standard InChI is InChI=1S/C52H33N5/c1-3-17-36(18-4-1)55-46-28-13-9-24-41(46)43-33-34(30-31-48(43)55)49-51-50(42-25-10-14-29-47(42)57(51)37-19-5-2-6-20-37)54-52(53-49)35-16-15-21-38(32-35)56-44-26-11-7-22-39(44)40-23-8-12-27-45(40)56/h1-33H. The van der Waals surface area contributed by atoms with Crippen LogP contribution in [0.15, 0.2) is 200 Å². The Labute approximate surface area is 328 Å². The highest BCUT2D eigenvalue weighted by Gasteiger charge is 2.23. The highest BCUT2D eigenvalue weighted by Crippen LogP contribution is 2.41. The Morgan fingerprint density at radius 2 is 0.772 bits per heavy atom. The summed E-state index contributed by atoms with van der Waals surface area (Å²) >= 11 is 0. The van der Waals surface area contributed by atoms with E-state index in [2.05, 4.69) is 214 Å². The van der Waals surface area contributed by atoms with Gasteiger partial charge in [0.25, 0.3) is 0 Å². The molecule has 12 aromatic rings. The Morgan fingerprint density at radius 1 is 0.298 bits per heavy atom. The van der Waals surface area contributed by atoms with Crippen molar-refractivity contribution in [3.63, 3.8) is 0 Å². The number of hydrogen-bond acceptors (Lipinski definition) is 2. The van der Waals surface area contributed by atoms with Crippen molar-refractivity contribution >= 4 is 65.5 Å². The molecule has 0 N–H and O–H groups in total. The van der Waals surface area contributed by atoms with E-state index in [4.69, 9.17) is 9.97 Å². The van der Waals surface area contributed by atoms with Crippen LogP contribution in [0, 0.1) is 0 Å². The SMILES string of the molecule is c1ccc(-n2c3ccccc3c3cc(-c4nc(-c5cccc(-n6c7ccccc7c7ccccc76)c5)nc5c6ccccc6n(-c6ccccc6)c45)ccc32)cc1. The zero-order valence-electron chi connectivity index (χ0n) is 30.8. The van der Waals surface area contributed by atoms with Gasteiger partial charge in [-0.2, -0.15) is 0 Å². The zero-order chi connectivity index (χ0) is 37.5. The summed E-state index contributed by atoms with van der Waals surface area (Å²) < 4.78 is 7.04. The molecule has 0 spiro atoms. The zero-order valence-corrected chi connectivity index (χ0v) is 30.8. The van der Waals surface area contributed by atoms with Gasteiger partial charge >= 0.3 is 0 Å². The highest BCUT2D eigenvalue weighted by atomic mass is 15.0. The van der Waals surface area contributed by atoms with E-state index in [1.54, 1.807) is 0 Å². The highest BCUT2D eigenvalue weighted by molar-refractivity contribution is 6.14. The van der Waals surface area contributed by atoms with Crippen LogP contribution in [0.2, 0.25) is 0 Å². The molecule has 266 valence electrons. The Balaban J connectivity index is 1.15. The maximum Gasteiger partial charge on any atom is 0.160 e. The number of benzene rings is 8. The van der Waals surface area contributed by atoms with Crippen molar-refractivity contribution in [2.45, 2.75) is 0 Å². The molecule has 0 fully saturated rings. The van der Waals surface area contributed by atoms with Gasteiger partial charge < -0.3 is 13.7 Å². The lowest BCUT2D eigenvalue weighted by atomic mass is 10.0. The van der Waals surface area contributed by atoms with Gasteiger partial charge in [-0.15, -0.1) is 0 Å². The topological polar surface area (TPSA) is 40.6 Å². The predicted octanol–water partition coefficient (Wildman–Crippen LogP) is 13.1. The minimum Gasteiger partial charge on any atom is -0.309 e. The summed E-state index contributed by atoms with van der Waals surface area (Å²) in [5.74, 6) is 0.683. The number of rotatable bonds is 5. The Bertz CT molecular complexity index is 3460. The summed E-state index contributed by atoms with van der Waals surface area (Å²) in [4.78, 5) is 11.0. The summed E-state index contributed by atoms with van der Waals surface area (Å²) in [6.45, 7) is 0. The quantitative estimate of drug-likeness (QED) is 0.177. The van der Waals surface area contributed by atoms with Crippen LogP contribution in [0.3, 0.4) is 0 Å². The monoisotopic (exact) mass is 727 g/mol. The fourth-order valence-corrected chi connectivity index (χ4v) is 8.98. The van der Waals surface area contributed by atoms with Crippen LogP contribution < -0.4 is 0 Å². The summed E-state index contributed by atoms with van der Waals surface area (Å²) in [7, 11) is 0. The largest absolute Gasteiger partial charge is 0.309 e. The first kappa shape index (κ1) is 31.6. The van der Waals surface area contributed by atoms with Gasteiger partial charge in [0.15, 0.2) is 5.82 Å². The molecule has 12 rings (SSSR count). The van der Waals surface area contributed by atoms with Gasteiger partial charge in [0.1, 0.15) is 5.52 Å². The summed E-state index contributed by atoms with van der Waals surface area (Å²) in [6.07, 6.45) is 0. The van der Waals surface area contributed by atoms with Crippen LogP contribution in [-0.4, -0.2) is 23.7 Å². The van der Waals surface area contributed by atoms with E-state index in [0.29, 0.717) is 5.82 Å². The van der Waals surface area contributed by atoms with E-state index in [-0.39, 0.29) is 0 Å². The lowest BCUT2D eigenvalue weighted by molar-refractivity contribution is 1.14. The molecule has 0 unspecified atom stereocenters. The number of nitrogens with zero attached hydrogens (tertiary/aromatic N) is 5. The molecule has 0 amide bonds. The van der Waals surface area contributed by atoms with Crippen molar-refractivity contribution in [2.75, 3.05) is 0 Å². The third-order valence-corrected chi connectivity index (χ3v) is 11.4. The second-order valence-electron chi connectivity index (χ2n) is 14.6. The second-order valence-corrected chi connectivity index (χ2v) is 14.6. The van der Waals surface area contributed by atoms with E-state index >= 15 is 0 Å². The van der Waals surface area contributed by atoms with Crippen molar-refractivity contribution in [3.05, 3.63) is 200 Å². The predicted molar refractivity (Wildman–Crippen MR) is 236 cm³/mol. The van der Waals surface area contributed by atoms with Crippen molar-refractivity contribution in [1.82, 2.24) is 23.7 Å². The van der Waals surface area contributed by atoms with Gasteiger partial charge in [0.05, 0.1) is 38.8 Å². The summed E-state index contributed by atoms with van der Waals surface area (Å²) in [5, 5.41) is 5.93. The molecule has 4 aromatic heterocycles. The van der Waals surface area contributed by atoms with Crippen molar-refractivity contribution in [3.8, 4) is 39.7 Å². The van der Waals surface area contributed by atoms with E-state index in [1.807, 2.05) is 0 Å². The lowest BCUT2D eigenvalue weighted by Gasteiger charge is -2.14. The lowest BCUT2D eigenvalue weighted by Crippen LogP contribution is -2.00. The second kappa shape index (κ2) is 12.4. The fraction of sp³-hybridized carbons (Fsp3) is 0. The van der Waals surface area contributed by atoms with Crippen LogP contribution >= 0.6 is 0 Å². The third kappa shape index (κ3) is 4.76. The van der Waals surface area contributed by atoms with E-state index < -0.39 is 0 Å². The number of fused-ring (bicyclic) bond motifs is 9. The maximum absolute atomic E-state index is 5.57. The average Bonchev–Trinajstić information content (AvgIpc) is 3.92. The molecule has 57 heavy (non-hydrogen) atoms. The molecular formula is C52H33N5. The van der Waals surface area contributed by atoms with E-state index in [9.17, 15) is 0 Å². The van der Waals surface area contributed by atoms with Crippen molar-refractivity contribution in [2.24, 2.45) is 0 Å². The van der Waals surface area contributed by atoms with Crippen molar-refractivity contribution in [1.29, 1.82) is 0 Å². The van der Waals surface area contributed by atoms with Gasteiger partial charge in [0, 0.05) is 55.1 Å². The van der Waals surface area contributed by atoms with Crippen LogP contribution in [0.5, 0.6) is 0 Å². The van der Waals surface area contributed by atoms with Gasteiger partial charge in [0.2, 0.25) is 0 Å². The molecule has 0 atom stereocenters. The molecular weight excluding hydrogens is 695 g/mol. The number of hydrogen-bond donors (Lipinski definition) is 0. The first-order valence-electron chi connectivity index (χ1n) is 19.3. The van der Waals surface area contributed by atoms with Crippen LogP contribution in [0.4, 0.5) is 0 Å². The molecule has 5 nitrogen and oxygen atoms in total. The van der Waals surface area contributed by atoms with Crippen LogP contribution in [-0.2, 0) is 0 Å². The molecule has 0 saturated carbocycles. The van der Waals surface area contributed by atoms with Gasteiger partial charge in [-0.1, -0.05) is 127 Å². The minimum absolute atomic E-state index is 0.683. The normalized spacial score (nSPS) is 11.9. The Hall–Kier alpha value is -7.76. The molecule has 4 heterocycles. The molecule has 0 saturated heterocycles. The van der Waals surface area contributed by atoms with Crippen LogP contribution in [0.25, 0.3) is 105 Å². The van der Waals surface area contributed by atoms with Crippen molar-refractivity contribution < 1.29 is 0 Å². The Morgan fingerprint density at radius 3 is 1.40 bits per heavy atom. The molecule has 0 aliphatic rings. The van der Waals surface area contributed by atoms with E-state index in [1.165, 1.54) is 38.1 Å². The fourth-order valence-electron chi connectivity index (χ4n) is 8.98. The molecule has 0 aliphatic carbocycles. The minimum atomic E-state index is 0.683. The molecule has 0 radical (unpaired) electrons. The summed E-state index contributed by atoms with van der Waals surface area (Å²) in [6, 6.07) is 71.2. The maximum atomic E-state index is 5.57. The smallest absolute Gasteiger partial charge is 0.160 e. The Kier molecular flexibility index (Phi) is 6.86. The van der Waals surface area contributed by atoms with Gasteiger partial charge in [-0.3, -0.25) is 0 Å². The number of aromatic nitrogens is 5. The first-order chi connectivity index (χ1) is 28.3. The van der Waals surface area contributed by atoms with Gasteiger partial charge in [-0.05, 0) is 72.8 Å². The molecule has 8 aromatic carbocycles. The molecule has 0 aliphatic heterocycles. The van der Waals surface area contributed by atoms with Crippen LogP contribution in [0.1, 0.15) is 0 Å². The van der Waals surface area contributed by atoms with E-state index in [0.717, 1.165) is 61.3 Å². The third-order valence-electron chi connectivity index (χ3n) is 11.4. The average molecular weight is 728 g/mol. The van der Waals surface area contributed by atoms with Gasteiger partial charge in [-0.25, -0.2) is 9.97 Å². The number of para-hydroxylation sites is 6. The summed E-state index contributed by atoms with van der Waals surface area (Å²) in [5.41, 5.74) is 13.8. The molecule has 5 heteroatoms. The molecule has 0 bridgehead atoms. The first-order valence-corrected chi connectivity index (χ1v) is 19.3.